The van der Waals surface area contributed by atoms with Crippen LogP contribution in [0.15, 0.2) is 71.6 Å². The number of unbranched alkanes of at least 4 members (excludes halogenated alkanes) is 26. The van der Waals surface area contributed by atoms with Crippen LogP contribution in [0.5, 0.6) is 11.5 Å². The summed E-state index contributed by atoms with van der Waals surface area (Å²) in [6.45, 7) is 6.17. The summed E-state index contributed by atoms with van der Waals surface area (Å²) in [5.41, 5.74) is 4.68. The van der Waals surface area contributed by atoms with E-state index < -0.39 is 0 Å². The molecule has 0 saturated heterocycles. The molecular weight excluding hydrogens is 665 g/mol. The second-order valence-corrected chi connectivity index (χ2v) is 16.1. The van der Waals surface area contributed by atoms with Crippen LogP contribution in [0.4, 0.5) is 0 Å². The molecule has 0 aliphatic carbocycles. The molecule has 0 amide bonds. The number of rotatable bonds is 34. The first-order chi connectivity index (χ1) is 26.2. The van der Waals surface area contributed by atoms with Gasteiger partial charge < -0.3 is 9.47 Å². The quantitative estimate of drug-likeness (QED) is 0.0485. The van der Waals surface area contributed by atoms with Crippen LogP contribution >= 0.6 is 12.6 Å². The highest BCUT2D eigenvalue weighted by molar-refractivity contribution is 7.80. The van der Waals surface area contributed by atoms with Crippen LogP contribution in [0.3, 0.4) is 0 Å². The van der Waals surface area contributed by atoms with Gasteiger partial charge >= 0.3 is 0 Å². The Balaban J connectivity index is 1.27. The lowest BCUT2D eigenvalue weighted by atomic mass is 9.94. The van der Waals surface area contributed by atoms with Crippen LogP contribution in [-0.2, 0) is 0 Å². The topological polar surface area (TPSA) is 18.5 Å². The second kappa shape index (κ2) is 30.9. The minimum absolute atomic E-state index is 0.791. The standard InChI is InChI=1S/C50H78O2S/c1-3-5-7-9-11-13-15-17-19-21-23-25-27-29-42-51-46-38-34-44(35-39-46)48-32-31-33-49(53)50(48)45-36-40-47(41-37-45)52-43-30-28-26-24-22-20-18-16-14-12-10-8-6-4-2/h31-41,53H,3-30,42-43H2,1-2H3. The number of hydrogen-bond acceptors (Lipinski definition) is 3. The Morgan fingerprint density at radius 3 is 1.04 bits per heavy atom. The highest BCUT2D eigenvalue weighted by Gasteiger charge is 2.12. The molecule has 0 unspecified atom stereocenters. The monoisotopic (exact) mass is 743 g/mol. The van der Waals surface area contributed by atoms with E-state index in [4.69, 9.17) is 22.1 Å². The Bertz CT molecular complexity index is 1270. The first-order valence-corrected chi connectivity index (χ1v) is 23.0. The lowest BCUT2D eigenvalue weighted by Crippen LogP contribution is -1.97. The Morgan fingerprint density at radius 2 is 0.679 bits per heavy atom. The van der Waals surface area contributed by atoms with Gasteiger partial charge in [-0.3, -0.25) is 0 Å². The molecule has 0 heterocycles. The van der Waals surface area contributed by atoms with Gasteiger partial charge in [-0.15, -0.1) is 12.6 Å². The summed E-state index contributed by atoms with van der Waals surface area (Å²) in [7, 11) is 0. The minimum atomic E-state index is 0.791. The zero-order valence-corrected chi connectivity index (χ0v) is 35.2. The average molecular weight is 743 g/mol. The molecule has 2 nitrogen and oxygen atoms in total. The first kappa shape index (κ1) is 45.0. The normalized spacial score (nSPS) is 11.3. The SMILES string of the molecule is CCCCCCCCCCCCCCCCOc1ccc(-c2cccc(S)c2-c2ccc(OCCCCCCCCCCCCCCCC)cc2)cc1. The Hall–Kier alpha value is -2.39. The van der Waals surface area contributed by atoms with E-state index in [0.29, 0.717) is 0 Å². The number of ether oxygens (including phenoxy) is 2. The van der Waals surface area contributed by atoms with Gasteiger partial charge in [-0.1, -0.05) is 217 Å². The molecule has 0 aromatic heterocycles. The van der Waals surface area contributed by atoms with Crippen LogP contribution in [0.1, 0.15) is 194 Å². The Labute approximate surface area is 333 Å². The summed E-state index contributed by atoms with van der Waals surface area (Å²) < 4.78 is 12.2. The molecule has 3 aromatic rings. The molecule has 0 bridgehead atoms. The number of thiol groups is 1. The average Bonchev–Trinajstić information content (AvgIpc) is 3.18. The van der Waals surface area contributed by atoms with Crippen molar-refractivity contribution < 1.29 is 9.47 Å². The summed E-state index contributed by atoms with van der Waals surface area (Å²) in [6.07, 6.45) is 38.5. The second-order valence-electron chi connectivity index (χ2n) is 15.6. The molecule has 0 aliphatic heterocycles. The van der Waals surface area contributed by atoms with Gasteiger partial charge in [-0.25, -0.2) is 0 Å². The third kappa shape index (κ3) is 20.8. The Morgan fingerprint density at radius 1 is 0.358 bits per heavy atom. The van der Waals surface area contributed by atoms with Crippen molar-refractivity contribution in [1.29, 1.82) is 0 Å². The van der Waals surface area contributed by atoms with Crippen molar-refractivity contribution in [2.24, 2.45) is 0 Å². The summed E-state index contributed by atoms with van der Waals surface area (Å²) in [4.78, 5) is 0.983. The Kier molecular flexibility index (Phi) is 26.2. The molecule has 0 fully saturated rings. The van der Waals surface area contributed by atoms with Crippen LogP contribution in [0, 0.1) is 0 Å². The lowest BCUT2D eigenvalue weighted by molar-refractivity contribution is 0.304. The van der Waals surface area contributed by atoms with Crippen LogP contribution in [0.25, 0.3) is 22.3 Å². The zero-order chi connectivity index (χ0) is 37.4. The molecule has 3 heteroatoms. The number of benzene rings is 3. The van der Waals surface area contributed by atoms with Gasteiger partial charge in [0.15, 0.2) is 0 Å². The molecule has 53 heavy (non-hydrogen) atoms. The maximum absolute atomic E-state index is 6.12. The van der Waals surface area contributed by atoms with Gasteiger partial charge in [-0.2, -0.15) is 0 Å². The summed E-state index contributed by atoms with van der Waals surface area (Å²) in [6, 6.07) is 23.5. The van der Waals surface area contributed by atoms with E-state index in [-0.39, 0.29) is 0 Å². The molecule has 296 valence electrons. The molecule has 0 radical (unpaired) electrons. The first-order valence-electron chi connectivity index (χ1n) is 22.5. The fourth-order valence-corrected chi connectivity index (χ4v) is 7.84. The van der Waals surface area contributed by atoms with E-state index in [1.165, 1.54) is 178 Å². The highest BCUT2D eigenvalue weighted by Crippen LogP contribution is 2.38. The van der Waals surface area contributed by atoms with Crippen molar-refractivity contribution >= 4 is 12.6 Å². The fraction of sp³-hybridized carbons (Fsp3) is 0.640. The van der Waals surface area contributed by atoms with E-state index in [1.54, 1.807) is 0 Å². The van der Waals surface area contributed by atoms with Crippen molar-refractivity contribution in [3.63, 3.8) is 0 Å². The van der Waals surface area contributed by atoms with Crippen molar-refractivity contribution in [1.82, 2.24) is 0 Å². The zero-order valence-electron chi connectivity index (χ0n) is 34.3. The smallest absolute Gasteiger partial charge is 0.119 e. The van der Waals surface area contributed by atoms with Crippen molar-refractivity contribution in [2.75, 3.05) is 13.2 Å². The maximum Gasteiger partial charge on any atom is 0.119 e. The van der Waals surface area contributed by atoms with E-state index >= 15 is 0 Å². The van der Waals surface area contributed by atoms with Crippen LogP contribution in [0.2, 0.25) is 0 Å². The number of hydrogen-bond donors (Lipinski definition) is 1. The summed E-state index contributed by atoms with van der Waals surface area (Å²) in [5, 5.41) is 0. The summed E-state index contributed by atoms with van der Waals surface area (Å²) >= 11 is 4.88. The lowest BCUT2D eigenvalue weighted by Gasteiger charge is -2.14. The summed E-state index contributed by atoms with van der Waals surface area (Å²) in [5.74, 6) is 1.90. The highest BCUT2D eigenvalue weighted by atomic mass is 32.1. The fourth-order valence-electron chi connectivity index (χ4n) is 7.51. The van der Waals surface area contributed by atoms with Gasteiger partial charge in [0.1, 0.15) is 11.5 Å². The third-order valence-electron chi connectivity index (χ3n) is 10.9. The molecule has 0 atom stereocenters. The predicted molar refractivity (Wildman–Crippen MR) is 236 cm³/mol. The molecule has 0 saturated carbocycles. The van der Waals surface area contributed by atoms with E-state index in [9.17, 15) is 0 Å². The van der Waals surface area contributed by atoms with Gasteiger partial charge in [-0.05, 0) is 59.9 Å². The van der Waals surface area contributed by atoms with Crippen molar-refractivity contribution in [3.8, 4) is 33.8 Å². The molecule has 0 spiro atoms. The van der Waals surface area contributed by atoms with Gasteiger partial charge in [0, 0.05) is 10.5 Å². The predicted octanol–water partition coefficient (Wildman–Crippen LogP) is 17.0. The van der Waals surface area contributed by atoms with Gasteiger partial charge in [0.2, 0.25) is 0 Å². The minimum Gasteiger partial charge on any atom is -0.494 e. The third-order valence-corrected chi connectivity index (χ3v) is 11.3. The van der Waals surface area contributed by atoms with Gasteiger partial charge in [0.25, 0.3) is 0 Å². The van der Waals surface area contributed by atoms with Crippen molar-refractivity contribution in [2.45, 2.75) is 199 Å². The van der Waals surface area contributed by atoms with Gasteiger partial charge in [0.05, 0.1) is 13.2 Å². The molecule has 3 aromatic carbocycles. The maximum atomic E-state index is 6.12. The molecule has 3 rings (SSSR count). The van der Waals surface area contributed by atoms with Crippen LogP contribution in [-0.4, -0.2) is 13.2 Å². The molecular formula is C50H78O2S. The van der Waals surface area contributed by atoms with E-state index in [0.717, 1.165) is 53.6 Å². The van der Waals surface area contributed by atoms with Crippen molar-refractivity contribution in [3.05, 3.63) is 66.7 Å². The largest absolute Gasteiger partial charge is 0.494 e. The van der Waals surface area contributed by atoms with Crippen LogP contribution < -0.4 is 9.47 Å². The van der Waals surface area contributed by atoms with E-state index in [2.05, 4.69) is 80.6 Å². The van der Waals surface area contributed by atoms with E-state index in [1.807, 2.05) is 0 Å². The molecule has 0 N–H and O–H groups in total. The molecule has 0 aliphatic rings.